The molecule has 0 N–H and O–H groups in total. The fourth-order valence-corrected chi connectivity index (χ4v) is 1.14. The van der Waals surface area contributed by atoms with Crippen molar-refractivity contribution in [2.24, 2.45) is 0 Å². The van der Waals surface area contributed by atoms with E-state index < -0.39 is 0 Å². The summed E-state index contributed by atoms with van der Waals surface area (Å²) in [5.74, 6) is 0.140. The van der Waals surface area contributed by atoms with Gasteiger partial charge in [-0.15, -0.1) is 6.58 Å². The molecule has 0 spiro atoms. The van der Waals surface area contributed by atoms with Crippen molar-refractivity contribution >= 4 is 5.78 Å². The van der Waals surface area contributed by atoms with Gasteiger partial charge in [0.15, 0.2) is 5.78 Å². The average molecular weight is 206 g/mol. The third-order valence-corrected chi connectivity index (χ3v) is 2.35. The zero-order valence-corrected chi connectivity index (χ0v) is 10.4. The topological polar surface area (TPSA) is 17.1 Å². The van der Waals surface area contributed by atoms with Crippen LogP contribution in [0.1, 0.15) is 47.0 Å². The predicted octanol–water partition coefficient (Wildman–Crippen LogP) is 4.21. The minimum Gasteiger partial charge on any atom is -0.295 e. The molecule has 0 bridgehead atoms. The van der Waals surface area contributed by atoms with E-state index in [1.165, 1.54) is 11.1 Å². The molecule has 0 unspecified atom stereocenters. The lowest BCUT2D eigenvalue weighted by atomic mass is 10.1. The number of ketones is 1. The third-order valence-electron chi connectivity index (χ3n) is 2.35. The Morgan fingerprint density at radius 1 is 1.07 bits per heavy atom. The zero-order chi connectivity index (χ0) is 11.8. The molecule has 0 saturated carbocycles. The van der Waals surface area contributed by atoms with Gasteiger partial charge in [0.25, 0.3) is 0 Å². The Morgan fingerprint density at radius 3 is 2.13 bits per heavy atom. The van der Waals surface area contributed by atoms with Gasteiger partial charge in [0.1, 0.15) is 0 Å². The maximum atomic E-state index is 11.0. The van der Waals surface area contributed by atoms with Crippen molar-refractivity contribution < 1.29 is 4.79 Å². The first-order valence-corrected chi connectivity index (χ1v) is 5.43. The molecule has 1 heteroatoms. The molecular formula is C14H22O. The summed E-state index contributed by atoms with van der Waals surface area (Å²) in [6.45, 7) is 11.5. The van der Waals surface area contributed by atoms with Gasteiger partial charge in [0, 0.05) is 0 Å². The highest BCUT2D eigenvalue weighted by Crippen LogP contribution is 2.10. The quantitative estimate of drug-likeness (QED) is 0.361. The molecule has 1 nitrogen and oxygen atoms in total. The molecule has 0 radical (unpaired) electrons. The Balaban J connectivity index is 4.04. The highest BCUT2D eigenvalue weighted by atomic mass is 16.1. The standard InChI is InChI=1S/C14H22O/c1-11(2)7-6-8-12(3)9-10-13(4)14(5)15/h9-10H,1,6-8H2,2-5H3. The van der Waals surface area contributed by atoms with Crippen LogP contribution in [0.2, 0.25) is 0 Å². The maximum absolute atomic E-state index is 11.0. The number of rotatable bonds is 6. The minimum atomic E-state index is 0.140. The van der Waals surface area contributed by atoms with Crippen molar-refractivity contribution in [3.8, 4) is 0 Å². The largest absolute Gasteiger partial charge is 0.295 e. The fourth-order valence-electron chi connectivity index (χ4n) is 1.14. The number of carbonyl (C=O) groups excluding carboxylic acids is 1. The molecule has 0 heterocycles. The summed E-state index contributed by atoms with van der Waals surface area (Å²) in [6.07, 6.45) is 7.24. The molecule has 0 rings (SSSR count). The fraction of sp³-hybridized carbons (Fsp3) is 0.500. The van der Waals surface area contributed by atoms with Gasteiger partial charge in [0.05, 0.1) is 0 Å². The number of Topliss-reactive ketones (excluding diaryl/α,β-unsaturated/α-hetero) is 1. The molecule has 0 aromatic carbocycles. The number of allylic oxidation sites excluding steroid dienone is 5. The van der Waals surface area contributed by atoms with Crippen LogP contribution in [0, 0.1) is 0 Å². The van der Waals surface area contributed by atoms with Crippen LogP contribution in [-0.2, 0) is 4.79 Å². The van der Waals surface area contributed by atoms with Crippen LogP contribution in [0.15, 0.2) is 35.5 Å². The average Bonchev–Trinajstić information content (AvgIpc) is 2.13. The molecule has 0 aromatic rings. The first-order valence-electron chi connectivity index (χ1n) is 5.43. The van der Waals surface area contributed by atoms with Gasteiger partial charge in [-0.3, -0.25) is 4.79 Å². The molecule has 0 amide bonds. The molecule has 0 saturated heterocycles. The van der Waals surface area contributed by atoms with Gasteiger partial charge in [-0.05, 0) is 52.5 Å². The van der Waals surface area contributed by atoms with Crippen LogP contribution in [0.3, 0.4) is 0 Å². The number of carbonyl (C=O) groups is 1. The summed E-state index contributed by atoms with van der Waals surface area (Å²) in [5.41, 5.74) is 3.37. The van der Waals surface area contributed by atoms with Gasteiger partial charge >= 0.3 is 0 Å². The van der Waals surface area contributed by atoms with Crippen molar-refractivity contribution in [2.75, 3.05) is 0 Å². The summed E-state index contributed by atoms with van der Waals surface area (Å²) in [7, 11) is 0. The van der Waals surface area contributed by atoms with Crippen LogP contribution in [0.25, 0.3) is 0 Å². The maximum Gasteiger partial charge on any atom is 0.155 e. The van der Waals surface area contributed by atoms with Gasteiger partial charge in [0.2, 0.25) is 0 Å². The zero-order valence-electron chi connectivity index (χ0n) is 10.4. The van der Waals surface area contributed by atoms with E-state index >= 15 is 0 Å². The highest BCUT2D eigenvalue weighted by Gasteiger charge is 1.94. The summed E-state index contributed by atoms with van der Waals surface area (Å²) >= 11 is 0. The van der Waals surface area contributed by atoms with Crippen LogP contribution >= 0.6 is 0 Å². The van der Waals surface area contributed by atoms with Crippen molar-refractivity contribution in [1.82, 2.24) is 0 Å². The van der Waals surface area contributed by atoms with Crippen LogP contribution in [0.4, 0.5) is 0 Å². The SMILES string of the molecule is C=C(C)CCCC(C)=CC=C(C)C(C)=O. The lowest BCUT2D eigenvalue weighted by molar-refractivity contribution is -0.113. The van der Waals surface area contributed by atoms with Gasteiger partial charge in [-0.1, -0.05) is 23.3 Å². The Labute approximate surface area is 93.6 Å². The van der Waals surface area contributed by atoms with E-state index in [1.807, 2.05) is 19.1 Å². The lowest BCUT2D eigenvalue weighted by Crippen LogP contribution is -1.90. The smallest absolute Gasteiger partial charge is 0.155 e. The number of hydrogen-bond donors (Lipinski definition) is 0. The highest BCUT2D eigenvalue weighted by molar-refractivity contribution is 5.92. The molecule has 0 atom stereocenters. The first kappa shape index (κ1) is 13.9. The van der Waals surface area contributed by atoms with Gasteiger partial charge in [-0.2, -0.15) is 0 Å². The van der Waals surface area contributed by atoms with E-state index in [1.54, 1.807) is 6.92 Å². The molecule has 0 fully saturated rings. The normalized spacial score (nSPS) is 12.8. The van der Waals surface area contributed by atoms with E-state index in [9.17, 15) is 4.79 Å². The monoisotopic (exact) mass is 206 g/mol. The molecule has 0 aliphatic carbocycles. The lowest BCUT2D eigenvalue weighted by Gasteiger charge is -2.00. The summed E-state index contributed by atoms with van der Waals surface area (Å²) in [6, 6.07) is 0. The van der Waals surface area contributed by atoms with Crippen molar-refractivity contribution in [3.63, 3.8) is 0 Å². The molecule has 0 aliphatic heterocycles. The van der Waals surface area contributed by atoms with Crippen molar-refractivity contribution in [3.05, 3.63) is 35.5 Å². The molecule has 15 heavy (non-hydrogen) atoms. The molecule has 0 aromatic heterocycles. The second kappa shape index (κ2) is 7.22. The van der Waals surface area contributed by atoms with Crippen LogP contribution in [0.5, 0.6) is 0 Å². The summed E-state index contributed by atoms with van der Waals surface area (Å²) < 4.78 is 0. The number of hydrogen-bond acceptors (Lipinski definition) is 1. The summed E-state index contributed by atoms with van der Waals surface area (Å²) in [5, 5.41) is 0. The van der Waals surface area contributed by atoms with E-state index in [0.29, 0.717) is 0 Å². The second-order valence-corrected chi connectivity index (χ2v) is 4.23. The van der Waals surface area contributed by atoms with E-state index in [0.717, 1.165) is 24.8 Å². The Morgan fingerprint density at radius 2 is 1.67 bits per heavy atom. The Bertz CT molecular complexity index is 292. The van der Waals surface area contributed by atoms with Crippen LogP contribution < -0.4 is 0 Å². The predicted molar refractivity (Wildman–Crippen MR) is 66.9 cm³/mol. The van der Waals surface area contributed by atoms with Gasteiger partial charge in [-0.25, -0.2) is 0 Å². The Kier molecular flexibility index (Phi) is 6.68. The van der Waals surface area contributed by atoms with E-state index in [4.69, 9.17) is 0 Å². The molecular weight excluding hydrogens is 184 g/mol. The summed E-state index contributed by atoms with van der Waals surface area (Å²) in [4.78, 5) is 11.0. The van der Waals surface area contributed by atoms with E-state index in [-0.39, 0.29) is 5.78 Å². The minimum absolute atomic E-state index is 0.140. The Hall–Kier alpha value is -1.11. The molecule has 0 aliphatic rings. The van der Waals surface area contributed by atoms with E-state index in [2.05, 4.69) is 20.4 Å². The van der Waals surface area contributed by atoms with Crippen LogP contribution in [-0.4, -0.2) is 5.78 Å². The van der Waals surface area contributed by atoms with Crippen molar-refractivity contribution in [2.45, 2.75) is 47.0 Å². The second-order valence-electron chi connectivity index (χ2n) is 4.23. The third kappa shape index (κ3) is 7.92. The first-order chi connectivity index (χ1) is 6.93. The van der Waals surface area contributed by atoms with Gasteiger partial charge < -0.3 is 0 Å². The van der Waals surface area contributed by atoms with Crippen molar-refractivity contribution in [1.29, 1.82) is 0 Å². The molecule has 84 valence electrons.